The number of benzene rings is 3. The lowest BCUT2D eigenvalue weighted by Crippen LogP contribution is -2.21. The van der Waals surface area contributed by atoms with Crippen molar-refractivity contribution < 1.29 is 8.42 Å². The highest BCUT2D eigenvalue weighted by molar-refractivity contribution is 7.89. The minimum atomic E-state index is -3.95. The van der Waals surface area contributed by atoms with Crippen LogP contribution in [0.15, 0.2) is 88.9 Å². The second kappa shape index (κ2) is 7.91. The van der Waals surface area contributed by atoms with Gasteiger partial charge in [-0.15, -0.1) is 0 Å². The van der Waals surface area contributed by atoms with Gasteiger partial charge < -0.3 is 0 Å². The number of hydrogen-bond acceptors (Lipinski definition) is 3. The molecule has 0 heterocycles. The van der Waals surface area contributed by atoms with E-state index in [4.69, 9.17) is 23.2 Å². The Kier molecular flexibility index (Phi) is 5.61. The topological polar surface area (TPSA) is 58.5 Å². The van der Waals surface area contributed by atoms with Crippen molar-refractivity contribution in [1.82, 2.24) is 4.83 Å². The highest BCUT2D eigenvalue weighted by Crippen LogP contribution is 2.25. The molecule has 0 aromatic heterocycles. The molecule has 0 aliphatic carbocycles. The Bertz CT molecular complexity index is 996. The SMILES string of the molecule is O=S(=O)(NN=C(c1ccccc1)c1ccccc1)c1ccc(Cl)cc1Cl. The number of halogens is 2. The minimum absolute atomic E-state index is 0.0289. The van der Waals surface area contributed by atoms with Gasteiger partial charge in [-0.2, -0.15) is 18.4 Å². The van der Waals surface area contributed by atoms with Crippen LogP contribution in [0.3, 0.4) is 0 Å². The van der Waals surface area contributed by atoms with E-state index in [0.29, 0.717) is 10.7 Å². The Labute approximate surface area is 162 Å². The number of rotatable bonds is 5. The van der Waals surface area contributed by atoms with Crippen molar-refractivity contribution in [1.29, 1.82) is 0 Å². The Balaban J connectivity index is 2.01. The van der Waals surface area contributed by atoms with Gasteiger partial charge in [0.15, 0.2) is 0 Å². The van der Waals surface area contributed by atoms with Crippen LogP contribution in [0.1, 0.15) is 11.1 Å². The van der Waals surface area contributed by atoms with Crippen molar-refractivity contribution in [2.45, 2.75) is 4.90 Å². The van der Waals surface area contributed by atoms with Crippen molar-refractivity contribution in [2.24, 2.45) is 5.10 Å². The van der Waals surface area contributed by atoms with Crippen molar-refractivity contribution in [3.8, 4) is 0 Å². The van der Waals surface area contributed by atoms with Crippen molar-refractivity contribution in [3.63, 3.8) is 0 Å². The molecule has 26 heavy (non-hydrogen) atoms. The summed E-state index contributed by atoms with van der Waals surface area (Å²) in [5.41, 5.74) is 2.06. The highest BCUT2D eigenvalue weighted by atomic mass is 35.5. The molecule has 0 aliphatic rings. The van der Waals surface area contributed by atoms with E-state index in [1.807, 2.05) is 60.7 Å². The number of hydrogen-bond donors (Lipinski definition) is 1. The molecule has 3 rings (SSSR count). The Morgan fingerprint density at radius 2 is 1.35 bits per heavy atom. The summed E-state index contributed by atoms with van der Waals surface area (Å²) in [6, 6.07) is 22.8. The lowest BCUT2D eigenvalue weighted by Gasteiger charge is -2.10. The summed E-state index contributed by atoms with van der Waals surface area (Å²) in [4.78, 5) is 2.18. The van der Waals surface area contributed by atoms with E-state index in [1.54, 1.807) is 0 Å². The van der Waals surface area contributed by atoms with Gasteiger partial charge in [0.05, 0.1) is 10.7 Å². The van der Waals surface area contributed by atoms with Gasteiger partial charge in [0, 0.05) is 16.1 Å². The maximum atomic E-state index is 12.6. The molecule has 0 saturated heterocycles. The summed E-state index contributed by atoms with van der Waals surface area (Å²) < 4.78 is 25.2. The average molecular weight is 405 g/mol. The normalized spacial score (nSPS) is 11.0. The summed E-state index contributed by atoms with van der Waals surface area (Å²) in [5.74, 6) is 0. The molecule has 3 aromatic rings. The fourth-order valence-corrected chi connectivity index (χ4v) is 3.92. The first kappa shape index (κ1) is 18.5. The maximum absolute atomic E-state index is 12.6. The van der Waals surface area contributed by atoms with Crippen LogP contribution in [0.5, 0.6) is 0 Å². The number of nitrogens with zero attached hydrogens (tertiary/aromatic N) is 1. The summed E-state index contributed by atoms with van der Waals surface area (Å²) in [7, 11) is -3.95. The van der Waals surface area contributed by atoms with E-state index in [2.05, 4.69) is 9.93 Å². The Hall–Kier alpha value is -2.34. The van der Waals surface area contributed by atoms with Crippen molar-refractivity contribution in [2.75, 3.05) is 0 Å². The average Bonchev–Trinajstić information content (AvgIpc) is 2.63. The van der Waals surface area contributed by atoms with Crippen LogP contribution in [0.2, 0.25) is 10.0 Å². The first-order valence-corrected chi connectivity index (χ1v) is 9.87. The van der Waals surface area contributed by atoms with Crippen LogP contribution in [0.4, 0.5) is 0 Å². The van der Waals surface area contributed by atoms with Crippen LogP contribution < -0.4 is 4.83 Å². The van der Waals surface area contributed by atoms with E-state index in [0.717, 1.165) is 11.1 Å². The molecule has 0 amide bonds. The molecule has 7 heteroatoms. The van der Waals surface area contributed by atoms with Crippen molar-refractivity contribution >= 4 is 38.9 Å². The summed E-state index contributed by atoms with van der Waals surface area (Å²) in [6.45, 7) is 0. The molecular weight excluding hydrogens is 391 g/mol. The molecule has 0 spiro atoms. The predicted molar refractivity (Wildman–Crippen MR) is 105 cm³/mol. The van der Waals surface area contributed by atoms with Gasteiger partial charge in [0.2, 0.25) is 0 Å². The molecule has 4 nitrogen and oxygen atoms in total. The van der Waals surface area contributed by atoms with Crippen molar-refractivity contribution in [3.05, 3.63) is 100 Å². The van der Waals surface area contributed by atoms with Crippen LogP contribution in [-0.4, -0.2) is 14.1 Å². The fourth-order valence-electron chi connectivity index (χ4n) is 2.34. The zero-order valence-corrected chi connectivity index (χ0v) is 15.8. The van der Waals surface area contributed by atoms with E-state index in [1.165, 1.54) is 18.2 Å². The zero-order valence-electron chi connectivity index (χ0n) is 13.4. The van der Waals surface area contributed by atoms with Crippen LogP contribution in [-0.2, 0) is 10.0 Å². The first-order valence-electron chi connectivity index (χ1n) is 7.63. The Morgan fingerprint density at radius 1 is 0.808 bits per heavy atom. The van der Waals surface area contributed by atoms with E-state index >= 15 is 0 Å². The van der Waals surface area contributed by atoms with E-state index in [9.17, 15) is 8.42 Å². The molecule has 3 aromatic carbocycles. The van der Waals surface area contributed by atoms with E-state index < -0.39 is 10.0 Å². The van der Waals surface area contributed by atoms with Gasteiger partial charge in [-0.25, -0.2) is 0 Å². The number of nitrogens with one attached hydrogen (secondary N) is 1. The molecule has 0 bridgehead atoms. The summed E-state index contributed by atoms with van der Waals surface area (Å²) in [5, 5.41) is 4.55. The molecule has 0 aliphatic heterocycles. The molecular formula is C19H14Cl2N2O2S. The molecule has 132 valence electrons. The van der Waals surface area contributed by atoms with Gasteiger partial charge in [-0.3, -0.25) is 0 Å². The summed E-state index contributed by atoms with van der Waals surface area (Å²) in [6.07, 6.45) is 0. The number of hydrazone groups is 1. The van der Waals surface area contributed by atoms with Gasteiger partial charge in [0.1, 0.15) is 4.90 Å². The second-order valence-corrected chi connectivity index (χ2v) is 7.83. The molecule has 1 N–H and O–H groups in total. The van der Waals surface area contributed by atoms with Gasteiger partial charge in [-0.1, -0.05) is 83.9 Å². The molecule has 0 unspecified atom stereocenters. The van der Waals surface area contributed by atoms with Gasteiger partial charge in [0.25, 0.3) is 10.0 Å². The smallest absolute Gasteiger partial charge is 0.200 e. The zero-order chi connectivity index (χ0) is 18.6. The largest absolute Gasteiger partial charge is 0.278 e. The standard InChI is InChI=1S/C19H14Cl2N2O2S/c20-16-11-12-18(17(21)13-16)26(24,25)23-22-19(14-7-3-1-4-8-14)15-9-5-2-6-10-15/h1-13,23H. The maximum Gasteiger partial charge on any atom is 0.278 e. The minimum Gasteiger partial charge on any atom is -0.200 e. The van der Waals surface area contributed by atoms with Crippen LogP contribution >= 0.6 is 23.2 Å². The third-order valence-corrected chi connectivity index (χ3v) is 5.48. The first-order chi connectivity index (χ1) is 12.5. The molecule has 0 saturated carbocycles. The monoisotopic (exact) mass is 404 g/mol. The molecule has 0 fully saturated rings. The molecule has 0 atom stereocenters. The van der Waals surface area contributed by atoms with Gasteiger partial charge >= 0.3 is 0 Å². The predicted octanol–water partition coefficient (Wildman–Crippen LogP) is 4.72. The fraction of sp³-hybridized carbons (Fsp3) is 0. The lowest BCUT2D eigenvalue weighted by atomic mass is 10.0. The van der Waals surface area contributed by atoms with Crippen LogP contribution in [0.25, 0.3) is 0 Å². The van der Waals surface area contributed by atoms with Gasteiger partial charge in [-0.05, 0) is 18.2 Å². The molecule has 0 radical (unpaired) electrons. The third-order valence-electron chi connectivity index (χ3n) is 3.56. The quantitative estimate of drug-likeness (QED) is 0.493. The van der Waals surface area contributed by atoms with E-state index in [-0.39, 0.29) is 9.92 Å². The number of sulfonamides is 1. The summed E-state index contributed by atoms with van der Waals surface area (Å²) >= 11 is 11.8. The Morgan fingerprint density at radius 3 is 1.85 bits per heavy atom. The highest BCUT2D eigenvalue weighted by Gasteiger charge is 2.18. The van der Waals surface area contributed by atoms with Crippen LogP contribution in [0, 0.1) is 0 Å². The lowest BCUT2D eigenvalue weighted by molar-refractivity contribution is 0.584. The second-order valence-electron chi connectivity index (χ2n) is 5.36. The third kappa shape index (κ3) is 4.25.